The lowest BCUT2D eigenvalue weighted by atomic mass is 10.2. The van der Waals surface area contributed by atoms with E-state index >= 15 is 0 Å². The molecular weight excluding hydrogens is 264 g/mol. The summed E-state index contributed by atoms with van der Waals surface area (Å²) in [7, 11) is 1.58. The molecule has 1 aromatic heterocycles. The minimum Gasteiger partial charge on any atom is -0.383 e. The van der Waals surface area contributed by atoms with Crippen molar-refractivity contribution < 1.29 is 9.66 Å². The molecule has 9 heteroatoms. The van der Waals surface area contributed by atoms with Crippen LogP contribution in [0.1, 0.15) is 13.8 Å². The molecule has 0 spiro atoms. The van der Waals surface area contributed by atoms with Crippen molar-refractivity contribution in [2.24, 2.45) is 11.8 Å². The van der Waals surface area contributed by atoms with Crippen molar-refractivity contribution in [2.45, 2.75) is 13.8 Å². The molecular formula is C11H20N6O3. The Morgan fingerprint density at radius 1 is 1.60 bits per heavy atom. The number of hydrogen-bond donors (Lipinski definition) is 2. The number of nitro groups is 1. The van der Waals surface area contributed by atoms with Crippen LogP contribution >= 0.6 is 0 Å². The average molecular weight is 284 g/mol. The predicted octanol–water partition coefficient (Wildman–Crippen LogP) is 0.779. The number of hydrazine groups is 1. The Kier molecular flexibility index (Phi) is 6.07. The van der Waals surface area contributed by atoms with Crippen molar-refractivity contribution >= 4 is 17.5 Å². The molecule has 0 amide bonds. The van der Waals surface area contributed by atoms with Crippen LogP contribution in [0, 0.1) is 16.0 Å². The summed E-state index contributed by atoms with van der Waals surface area (Å²) in [6, 6.07) is 0. The molecule has 0 bridgehead atoms. The van der Waals surface area contributed by atoms with Crippen molar-refractivity contribution in [3.05, 3.63) is 16.3 Å². The molecule has 112 valence electrons. The number of nitrogens with one attached hydrogen (secondary N) is 1. The van der Waals surface area contributed by atoms with Gasteiger partial charge in [0.05, 0.1) is 11.5 Å². The fourth-order valence-corrected chi connectivity index (χ4v) is 1.72. The molecule has 1 rings (SSSR count). The first-order valence-electron chi connectivity index (χ1n) is 6.21. The summed E-state index contributed by atoms with van der Waals surface area (Å²) < 4.78 is 5.04. The number of ether oxygens (including phenoxy) is 1. The van der Waals surface area contributed by atoms with E-state index in [9.17, 15) is 10.1 Å². The van der Waals surface area contributed by atoms with E-state index in [4.69, 9.17) is 10.6 Å². The third-order valence-electron chi connectivity index (χ3n) is 2.53. The maximum absolute atomic E-state index is 11.1. The first-order valence-corrected chi connectivity index (χ1v) is 6.21. The molecule has 3 N–H and O–H groups in total. The number of rotatable bonds is 8. The Morgan fingerprint density at radius 2 is 2.30 bits per heavy atom. The standard InChI is InChI=1S/C11H20N6O3/c1-8(2)7-16(4-5-20-3)10-9(17(18)19)6-13-11(14-10)15-12/h6,8H,4-5,7,12H2,1-3H3,(H,13,14,15). The fourth-order valence-electron chi connectivity index (χ4n) is 1.72. The molecule has 1 aromatic rings. The molecule has 0 saturated carbocycles. The first kappa shape index (κ1) is 16.1. The lowest BCUT2D eigenvalue weighted by Gasteiger charge is -2.25. The van der Waals surface area contributed by atoms with Gasteiger partial charge in [0.25, 0.3) is 0 Å². The van der Waals surface area contributed by atoms with Crippen molar-refractivity contribution in [1.29, 1.82) is 0 Å². The van der Waals surface area contributed by atoms with Gasteiger partial charge in [-0.05, 0) is 5.92 Å². The quantitative estimate of drug-likeness (QED) is 0.408. The van der Waals surface area contributed by atoms with Crippen LogP contribution < -0.4 is 16.2 Å². The van der Waals surface area contributed by atoms with Crippen LogP contribution in [0.4, 0.5) is 17.5 Å². The average Bonchev–Trinajstić information content (AvgIpc) is 2.42. The zero-order valence-corrected chi connectivity index (χ0v) is 11.9. The number of anilines is 2. The predicted molar refractivity (Wildman–Crippen MR) is 75.4 cm³/mol. The summed E-state index contributed by atoms with van der Waals surface area (Å²) in [6.07, 6.45) is 1.15. The van der Waals surface area contributed by atoms with Gasteiger partial charge in [0.15, 0.2) is 0 Å². The molecule has 0 radical (unpaired) electrons. The van der Waals surface area contributed by atoms with Gasteiger partial charge in [0.1, 0.15) is 6.20 Å². The van der Waals surface area contributed by atoms with Crippen LogP contribution in [-0.2, 0) is 4.74 Å². The van der Waals surface area contributed by atoms with Gasteiger partial charge >= 0.3 is 5.69 Å². The van der Waals surface area contributed by atoms with E-state index < -0.39 is 4.92 Å². The number of nitrogens with zero attached hydrogens (tertiary/aromatic N) is 4. The number of nitrogen functional groups attached to an aromatic ring is 1. The van der Waals surface area contributed by atoms with Crippen LogP contribution in [0.25, 0.3) is 0 Å². The third-order valence-corrected chi connectivity index (χ3v) is 2.53. The molecule has 0 fully saturated rings. The monoisotopic (exact) mass is 284 g/mol. The lowest BCUT2D eigenvalue weighted by molar-refractivity contribution is -0.384. The topological polar surface area (TPSA) is 119 Å². The summed E-state index contributed by atoms with van der Waals surface area (Å²) in [5, 5.41) is 11.1. The molecule has 0 aliphatic carbocycles. The second-order valence-electron chi connectivity index (χ2n) is 4.64. The van der Waals surface area contributed by atoms with E-state index in [0.717, 1.165) is 6.20 Å². The van der Waals surface area contributed by atoms with Gasteiger partial charge in [-0.2, -0.15) is 4.98 Å². The molecule has 0 aromatic carbocycles. The molecule has 0 saturated heterocycles. The van der Waals surface area contributed by atoms with Gasteiger partial charge in [0, 0.05) is 20.2 Å². The highest BCUT2D eigenvalue weighted by molar-refractivity contribution is 5.58. The Hall–Kier alpha value is -2.00. The van der Waals surface area contributed by atoms with E-state index in [2.05, 4.69) is 15.4 Å². The molecule has 0 aliphatic heterocycles. The van der Waals surface area contributed by atoms with Crippen LogP contribution in [0.5, 0.6) is 0 Å². The fraction of sp³-hybridized carbons (Fsp3) is 0.636. The number of aromatic nitrogens is 2. The maximum atomic E-state index is 11.1. The van der Waals surface area contributed by atoms with Crippen molar-refractivity contribution in [3.63, 3.8) is 0 Å². The molecule has 0 atom stereocenters. The van der Waals surface area contributed by atoms with E-state index in [1.165, 1.54) is 0 Å². The van der Waals surface area contributed by atoms with Gasteiger partial charge in [-0.3, -0.25) is 15.5 Å². The maximum Gasteiger partial charge on any atom is 0.329 e. The van der Waals surface area contributed by atoms with Gasteiger partial charge < -0.3 is 9.64 Å². The zero-order valence-electron chi connectivity index (χ0n) is 11.9. The molecule has 9 nitrogen and oxygen atoms in total. The summed E-state index contributed by atoms with van der Waals surface area (Å²) in [4.78, 5) is 20.3. The number of hydrogen-bond acceptors (Lipinski definition) is 8. The molecule has 20 heavy (non-hydrogen) atoms. The Balaban J connectivity index is 3.16. The largest absolute Gasteiger partial charge is 0.383 e. The summed E-state index contributed by atoms with van der Waals surface area (Å²) >= 11 is 0. The smallest absolute Gasteiger partial charge is 0.329 e. The normalized spacial score (nSPS) is 10.7. The Morgan fingerprint density at radius 3 is 2.80 bits per heavy atom. The minimum atomic E-state index is -0.504. The number of methoxy groups -OCH3 is 1. The SMILES string of the molecule is COCCN(CC(C)C)c1nc(NN)ncc1[N+](=O)[O-]. The van der Waals surface area contributed by atoms with Gasteiger partial charge in [0.2, 0.25) is 11.8 Å². The second-order valence-corrected chi connectivity index (χ2v) is 4.64. The van der Waals surface area contributed by atoms with E-state index in [0.29, 0.717) is 25.6 Å². The highest BCUT2D eigenvalue weighted by atomic mass is 16.6. The van der Waals surface area contributed by atoms with Gasteiger partial charge in [-0.1, -0.05) is 13.8 Å². The van der Waals surface area contributed by atoms with Gasteiger partial charge in [-0.25, -0.2) is 10.8 Å². The van der Waals surface area contributed by atoms with E-state index in [-0.39, 0.29) is 17.5 Å². The van der Waals surface area contributed by atoms with Crippen molar-refractivity contribution in [2.75, 3.05) is 37.1 Å². The van der Waals surface area contributed by atoms with Crippen LogP contribution in [0.15, 0.2) is 6.20 Å². The zero-order chi connectivity index (χ0) is 15.1. The molecule has 0 aliphatic rings. The van der Waals surface area contributed by atoms with Crippen LogP contribution in [0.3, 0.4) is 0 Å². The molecule has 0 unspecified atom stereocenters. The Bertz CT molecular complexity index is 454. The number of nitrogens with two attached hydrogens (primary N) is 1. The first-order chi connectivity index (χ1) is 9.49. The lowest BCUT2D eigenvalue weighted by Crippen LogP contribution is -2.32. The van der Waals surface area contributed by atoms with Crippen molar-refractivity contribution in [3.8, 4) is 0 Å². The van der Waals surface area contributed by atoms with Gasteiger partial charge in [-0.15, -0.1) is 0 Å². The third kappa shape index (κ3) is 4.28. The van der Waals surface area contributed by atoms with Crippen LogP contribution in [0.2, 0.25) is 0 Å². The second kappa shape index (κ2) is 7.56. The van der Waals surface area contributed by atoms with E-state index in [1.807, 2.05) is 13.8 Å². The van der Waals surface area contributed by atoms with Crippen LogP contribution in [-0.4, -0.2) is 41.7 Å². The summed E-state index contributed by atoms with van der Waals surface area (Å²) in [5.41, 5.74) is 2.14. The Labute approximate surface area is 117 Å². The highest BCUT2D eigenvalue weighted by Crippen LogP contribution is 2.26. The highest BCUT2D eigenvalue weighted by Gasteiger charge is 2.23. The summed E-state index contributed by atoms with van der Waals surface area (Å²) in [5.74, 6) is 5.95. The molecule has 1 heterocycles. The minimum absolute atomic E-state index is 0.136. The van der Waals surface area contributed by atoms with Crippen molar-refractivity contribution in [1.82, 2.24) is 9.97 Å². The van der Waals surface area contributed by atoms with E-state index in [1.54, 1.807) is 12.0 Å². The summed E-state index contributed by atoms with van der Waals surface area (Å²) in [6.45, 7) is 5.60.